The van der Waals surface area contributed by atoms with Crippen molar-refractivity contribution in [2.24, 2.45) is 0 Å². The molecule has 2 aromatic carbocycles. The minimum Gasteiger partial charge on any atom is -0.337 e. The van der Waals surface area contributed by atoms with Crippen LogP contribution in [0.25, 0.3) is 6.08 Å². The lowest BCUT2D eigenvalue weighted by molar-refractivity contribution is -0.127. The van der Waals surface area contributed by atoms with Crippen LogP contribution in [-0.2, 0) is 14.8 Å². The predicted octanol–water partition coefficient (Wildman–Crippen LogP) is 2.57. The van der Waals surface area contributed by atoms with E-state index in [0.29, 0.717) is 11.1 Å². The van der Waals surface area contributed by atoms with Gasteiger partial charge < -0.3 is 4.90 Å². The van der Waals surface area contributed by atoms with Crippen molar-refractivity contribution in [2.45, 2.75) is 11.8 Å². The normalized spacial score (nSPS) is 15.6. The first kappa shape index (κ1) is 20.9. The molecule has 1 aliphatic heterocycles. The molecule has 3 rings (SSSR count). The van der Waals surface area contributed by atoms with Crippen LogP contribution in [0.2, 0.25) is 0 Å². The van der Waals surface area contributed by atoms with Gasteiger partial charge in [0, 0.05) is 37.8 Å². The summed E-state index contributed by atoms with van der Waals surface area (Å²) >= 11 is 0. The molecular formula is C21H21FN2O4S. The Morgan fingerprint density at radius 3 is 2.24 bits per heavy atom. The van der Waals surface area contributed by atoms with Gasteiger partial charge in [0.15, 0.2) is 5.78 Å². The molecule has 0 spiro atoms. The third-order valence-electron chi connectivity index (χ3n) is 4.72. The second-order valence-corrected chi connectivity index (χ2v) is 8.64. The van der Waals surface area contributed by atoms with E-state index < -0.39 is 10.0 Å². The quantitative estimate of drug-likeness (QED) is 0.555. The zero-order valence-electron chi connectivity index (χ0n) is 15.9. The summed E-state index contributed by atoms with van der Waals surface area (Å²) in [5.41, 5.74) is 1.03. The van der Waals surface area contributed by atoms with Crippen LogP contribution < -0.4 is 0 Å². The lowest BCUT2D eigenvalue weighted by Gasteiger charge is -2.33. The number of carbonyl (C=O) groups excluding carboxylic acids is 2. The molecule has 0 bridgehead atoms. The topological polar surface area (TPSA) is 74.8 Å². The number of hydrogen-bond donors (Lipinski definition) is 0. The smallest absolute Gasteiger partial charge is 0.246 e. The highest BCUT2D eigenvalue weighted by Gasteiger charge is 2.29. The lowest BCUT2D eigenvalue weighted by atomic mass is 10.2. The van der Waals surface area contributed by atoms with Gasteiger partial charge in [0.05, 0.1) is 4.90 Å². The first-order valence-corrected chi connectivity index (χ1v) is 10.5. The Morgan fingerprint density at radius 2 is 1.66 bits per heavy atom. The number of amides is 1. The van der Waals surface area contributed by atoms with Crippen LogP contribution >= 0.6 is 0 Å². The molecule has 0 saturated carbocycles. The number of rotatable bonds is 5. The minimum absolute atomic E-state index is 0.119. The molecule has 0 aromatic heterocycles. The maximum absolute atomic E-state index is 13.2. The summed E-state index contributed by atoms with van der Waals surface area (Å²) in [4.78, 5) is 25.4. The molecule has 0 unspecified atom stereocenters. The Kier molecular flexibility index (Phi) is 6.24. The average Bonchev–Trinajstić information content (AvgIpc) is 2.72. The number of piperazine rings is 1. The van der Waals surface area contributed by atoms with Gasteiger partial charge in [0.1, 0.15) is 5.82 Å². The fraction of sp³-hybridized carbons (Fsp3) is 0.238. The SMILES string of the molecule is CC(=O)c1ccc(S(=O)(=O)N2CCN(C(=O)C=Cc3cccc(F)c3)CC2)cc1. The van der Waals surface area contributed by atoms with Crippen LogP contribution in [0.3, 0.4) is 0 Å². The van der Waals surface area contributed by atoms with Gasteiger partial charge in [0.25, 0.3) is 0 Å². The summed E-state index contributed by atoms with van der Waals surface area (Å²) in [7, 11) is -3.69. The molecule has 1 fully saturated rings. The van der Waals surface area contributed by atoms with Gasteiger partial charge in [-0.15, -0.1) is 0 Å². The van der Waals surface area contributed by atoms with Crippen LogP contribution in [0.15, 0.2) is 59.5 Å². The van der Waals surface area contributed by atoms with Gasteiger partial charge in [0.2, 0.25) is 15.9 Å². The van der Waals surface area contributed by atoms with Gasteiger partial charge >= 0.3 is 0 Å². The van der Waals surface area contributed by atoms with E-state index in [-0.39, 0.29) is 48.6 Å². The van der Waals surface area contributed by atoms with Gasteiger partial charge in [-0.25, -0.2) is 12.8 Å². The Bertz CT molecular complexity index is 1040. The number of nitrogens with zero attached hydrogens (tertiary/aromatic N) is 2. The van der Waals surface area contributed by atoms with E-state index in [1.807, 2.05) is 0 Å². The van der Waals surface area contributed by atoms with Gasteiger partial charge in [-0.3, -0.25) is 9.59 Å². The Balaban J connectivity index is 1.61. The monoisotopic (exact) mass is 416 g/mol. The average molecular weight is 416 g/mol. The van der Waals surface area contributed by atoms with Crippen molar-refractivity contribution in [3.8, 4) is 0 Å². The first-order chi connectivity index (χ1) is 13.8. The molecule has 0 aliphatic carbocycles. The van der Waals surface area contributed by atoms with E-state index in [1.165, 1.54) is 59.8 Å². The highest BCUT2D eigenvalue weighted by molar-refractivity contribution is 7.89. The summed E-state index contributed by atoms with van der Waals surface area (Å²) in [5.74, 6) is -0.765. The van der Waals surface area contributed by atoms with Crippen LogP contribution in [0, 0.1) is 5.82 Å². The molecule has 1 heterocycles. The zero-order valence-corrected chi connectivity index (χ0v) is 16.7. The number of Topliss-reactive ketones (excluding diaryl/α,β-unsaturated/α-hetero) is 1. The summed E-state index contributed by atoms with van der Waals surface area (Å²) in [5, 5.41) is 0. The fourth-order valence-electron chi connectivity index (χ4n) is 3.04. The van der Waals surface area contributed by atoms with E-state index in [9.17, 15) is 22.4 Å². The van der Waals surface area contributed by atoms with Crippen molar-refractivity contribution in [3.05, 3.63) is 71.6 Å². The number of ketones is 1. The summed E-state index contributed by atoms with van der Waals surface area (Å²) in [6.45, 7) is 2.29. The Labute approximate surface area is 169 Å². The number of sulfonamides is 1. The van der Waals surface area contributed by atoms with E-state index >= 15 is 0 Å². The summed E-state index contributed by atoms with van der Waals surface area (Å²) in [6, 6.07) is 11.7. The van der Waals surface area contributed by atoms with Crippen molar-refractivity contribution >= 4 is 27.8 Å². The summed E-state index contributed by atoms with van der Waals surface area (Å²) < 4.78 is 40.1. The van der Waals surface area contributed by atoms with Crippen LogP contribution in [-0.4, -0.2) is 55.5 Å². The van der Waals surface area contributed by atoms with Crippen molar-refractivity contribution < 1.29 is 22.4 Å². The minimum atomic E-state index is -3.69. The molecule has 152 valence electrons. The molecular weight excluding hydrogens is 395 g/mol. The molecule has 1 amide bonds. The second kappa shape index (κ2) is 8.67. The van der Waals surface area contributed by atoms with Gasteiger partial charge in [-0.1, -0.05) is 24.3 Å². The molecule has 6 nitrogen and oxygen atoms in total. The molecule has 0 radical (unpaired) electrons. The van der Waals surface area contributed by atoms with Gasteiger partial charge in [-0.05, 0) is 42.8 Å². The van der Waals surface area contributed by atoms with E-state index in [0.717, 1.165) is 0 Å². The maximum Gasteiger partial charge on any atom is 0.246 e. The zero-order chi connectivity index (χ0) is 21.0. The van der Waals surface area contributed by atoms with E-state index in [2.05, 4.69) is 0 Å². The molecule has 0 N–H and O–H groups in total. The highest BCUT2D eigenvalue weighted by atomic mass is 32.2. The second-order valence-electron chi connectivity index (χ2n) is 6.70. The molecule has 29 heavy (non-hydrogen) atoms. The maximum atomic E-state index is 13.2. The van der Waals surface area contributed by atoms with Gasteiger partial charge in [-0.2, -0.15) is 4.31 Å². The largest absolute Gasteiger partial charge is 0.337 e. The van der Waals surface area contributed by atoms with Crippen LogP contribution in [0.5, 0.6) is 0 Å². The number of carbonyl (C=O) groups is 2. The molecule has 8 heteroatoms. The van der Waals surface area contributed by atoms with Crippen molar-refractivity contribution in [2.75, 3.05) is 26.2 Å². The number of hydrogen-bond acceptors (Lipinski definition) is 4. The van der Waals surface area contributed by atoms with Crippen molar-refractivity contribution in [1.29, 1.82) is 0 Å². The Morgan fingerprint density at radius 1 is 1.00 bits per heavy atom. The standard InChI is InChI=1S/C21H21FN2O4S/c1-16(25)18-6-8-20(9-7-18)29(27,28)24-13-11-23(12-14-24)21(26)10-5-17-3-2-4-19(22)15-17/h2-10,15H,11-14H2,1H3. The lowest BCUT2D eigenvalue weighted by Crippen LogP contribution is -2.50. The molecule has 1 saturated heterocycles. The third kappa shape index (κ3) is 4.96. The number of benzene rings is 2. The fourth-order valence-corrected chi connectivity index (χ4v) is 4.46. The Hall–Kier alpha value is -2.84. The molecule has 1 aliphatic rings. The highest BCUT2D eigenvalue weighted by Crippen LogP contribution is 2.19. The number of halogens is 1. The molecule has 0 atom stereocenters. The predicted molar refractivity (Wildman–Crippen MR) is 107 cm³/mol. The molecule has 2 aromatic rings. The van der Waals surface area contributed by atoms with Crippen molar-refractivity contribution in [1.82, 2.24) is 9.21 Å². The summed E-state index contributed by atoms with van der Waals surface area (Å²) in [6.07, 6.45) is 2.89. The first-order valence-electron chi connectivity index (χ1n) is 9.11. The van der Waals surface area contributed by atoms with E-state index in [1.54, 1.807) is 17.0 Å². The van der Waals surface area contributed by atoms with Crippen LogP contribution in [0.1, 0.15) is 22.8 Å². The third-order valence-corrected chi connectivity index (χ3v) is 6.63. The van der Waals surface area contributed by atoms with Crippen LogP contribution in [0.4, 0.5) is 4.39 Å². The van der Waals surface area contributed by atoms with Crippen molar-refractivity contribution in [3.63, 3.8) is 0 Å². The van der Waals surface area contributed by atoms with E-state index in [4.69, 9.17) is 0 Å².